The second kappa shape index (κ2) is 6.53. The zero-order valence-corrected chi connectivity index (χ0v) is 16.3. The SMILES string of the molecule is N#Cc1cc(-n2nnc3ccccc32)c(C2CC2)nc1N1CCN[C@H](C2CC2)C1. The second-order valence-electron chi connectivity index (χ2n) is 8.48. The second-order valence-corrected chi connectivity index (χ2v) is 8.48. The van der Waals surface area contributed by atoms with Gasteiger partial charge in [-0.3, -0.25) is 0 Å². The molecule has 6 rings (SSSR count). The Hall–Kier alpha value is -2.98. The standard InChI is InChI=1S/C22H23N7/c23-12-16-11-20(29-19-4-2-1-3-17(19)26-27-29)21(15-7-8-15)25-22(16)28-10-9-24-18(13-28)14-5-6-14/h1-4,11,14-15,18,24H,5-10,13H2/t18-/m0/s1. The summed E-state index contributed by atoms with van der Waals surface area (Å²) in [5.74, 6) is 2.07. The molecule has 7 heteroatoms. The molecule has 0 unspecified atom stereocenters. The van der Waals surface area contributed by atoms with E-state index < -0.39 is 0 Å². The monoisotopic (exact) mass is 385 g/mol. The Morgan fingerprint density at radius 3 is 2.79 bits per heavy atom. The van der Waals surface area contributed by atoms with E-state index in [0.29, 0.717) is 17.5 Å². The van der Waals surface area contributed by atoms with E-state index in [4.69, 9.17) is 4.98 Å². The van der Waals surface area contributed by atoms with E-state index >= 15 is 0 Å². The van der Waals surface area contributed by atoms with E-state index in [2.05, 4.69) is 26.6 Å². The van der Waals surface area contributed by atoms with E-state index in [0.717, 1.165) is 66.6 Å². The Bertz CT molecular complexity index is 1120. The number of anilines is 1. The number of hydrogen-bond acceptors (Lipinski definition) is 6. The Morgan fingerprint density at radius 2 is 2.00 bits per heavy atom. The molecule has 0 spiro atoms. The molecule has 3 fully saturated rings. The lowest BCUT2D eigenvalue weighted by molar-refractivity contribution is 0.417. The van der Waals surface area contributed by atoms with Gasteiger partial charge >= 0.3 is 0 Å². The average Bonchev–Trinajstić information content (AvgIpc) is 3.69. The summed E-state index contributed by atoms with van der Waals surface area (Å²) in [6.07, 6.45) is 4.92. The van der Waals surface area contributed by atoms with Crippen LogP contribution in [0, 0.1) is 17.2 Å². The van der Waals surface area contributed by atoms with Crippen LogP contribution in [0.15, 0.2) is 30.3 Å². The van der Waals surface area contributed by atoms with Crippen molar-refractivity contribution in [3.05, 3.63) is 41.6 Å². The number of para-hydroxylation sites is 1. The van der Waals surface area contributed by atoms with Crippen molar-refractivity contribution < 1.29 is 0 Å². The molecule has 3 aliphatic rings. The van der Waals surface area contributed by atoms with Crippen molar-refractivity contribution >= 4 is 16.9 Å². The van der Waals surface area contributed by atoms with E-state index in [1.54, 1.807) is 0 Å². The lowest BCUT2D eigenvalue weighted by Crippen LogP contribution is -2.52. The fraction of sp³-hybridized carbons (Fsp3) is 0.455. The number of benzene rings is 1. The first-order valence-electron chi connectivity index (χ1n) is 10.6. The minimum atomic E-state index is 0.446. The van der Waals surface area contributed by atoms with Crippen LogP contribution in [0.3, 0.4) is 0 Å². The summed E-state index contributed by atoms with van der Waals surface area (Å²) in [5, 5.41) is 22.3. The Labute approximate surface area is 169 Å². The van der Waals surface area contributed by atoms with Crippen molar-refractivity contribution in [2.45, 2.75) is 37.6 Å². The highest BCUT2D eigenvalue weighted by atomic mass is 15.4. The Morgan fingerprint density at radius 1 is 1.14 bits per heavy atom. The minimum Gasteiger partial charge on any atom is -0.353 e. The number of nitriles is 1. The predicted molar refractivity (Wildman–Crippen MR) is 110 cm³/mol. The third-order valence-corrected chi connectivity index (χ3v) is 6.37. The quantitative estimate of drug-likeness (QED) is 0.744. The lowest BCUT2D eigenvalue weighted by atomic mass is 10.1. The van der Waals surface area contributed by atoms with Gasteiger partial charge in [0, 0.05) is 31.6 Å². The normalized spacial score (nSPS) is 22.0. The molecule has 3 heterocycles. The van der Waals surface area contributed by atoms with Gasteiger partial charge in [-0.2, -0.15) is 5.26 Å². The van der Waals surface area contributed by atoms with Crippen LogP contribution >= 0.6 is 0 Å². The maximum absolute atomic E-state index is 9.94. The van der Waals surface area contributed by atoms with Crippen molar-refractivity contribution in [2.75, 3.05) is 24.5 Å². The average molecular weight is 385 g/mol. The summed E-state index contributed by atoms with van der Waals surface area (Å²) in [6, 6.07) is 12.8. The maximum atomic E-state index is 9.94. The van der Waals surface area contributed by atoms with Crippen LogP contribution < -0.4 is 10.2 Å². The third-order valence-electron chi connectivity index (χ3n) is 6.37. The van der Waals surface area contributed by atoms with Crippen LogP contribution in [-0.4, -0.2) is 45.7 Å². The molecule has 0 amide bonds. The van der Waals surface area contributed by atoms with Gasteiger partial charge in [0.2, 0.25) is 0 Å². The maximum Gasteiger partial charge on any atom is 0.147 e. The van der Waals surface area contributed by atoms with Crippen LogP contribution in [0.5, 0.6) is 0 Å². The molecule has 1 N–H and O–H groups in total. The van der Waals surface area contributed by atoms with Crippen LogP contribution in [0.4, 0.5) is 5.82 Å². The molecular formula is C22H23N7. The number of pyridine rings is 1. The van der Waals surface area contributed by atoms with Crippen molar-refractivity contribution in [3.63, 3.8) is 0 Å². The van der Waals surface area contributed by atoms with Crippen LogP contribution in [0.25, 0.3) is 16.7 Å². The molecule has 2 saturated carbocycles. The third kappa shape index (κ3) is 2.95. The van der Waals surface area contributed by atoms with Gasteiger partial charge in [0.1, 0.15) is 17.4 Å². The molecule has 7 nitrogen and oxygen atoms in total. The number of hydrogen-bond donors (Lipinski definition) is 1. The number of nitrogens with one attached hydrogen (secondary N) is 1. The van der Waals surface area contributed by atoms with Crippen molar-refractivity contribution in [1.29, 1.82) is 5.26 Å². The fourth-order valence-electron chi connectivity index (χ4n) is 4.49. The topological polar surface area (TPSA) is 82.7 Å². The predicted octanol–water partition coefficient (Wildman–Crippen LogP) is 2.75. The summed E-state index contributed by atoms with van der Waals surface area (Å²) in [4.78, 5) is 7.41. The molecule has 1 saturated heterocycles. The highest BCUT2D eigenvalue weighted by Crippen LogP contribution is 2.43. The van der Waals surface area contributed by atoms with E-state index in [1.165, 1.54) is 12.8 Å². The molecule has 0 radical (unpaired) electrons. The first kappa shape index (κ1) is 16.9. The largest absolute Gasteiger partial charge is 0.353 e. The molecule has 2 aromatic heterocycles. The minimum absolute atomic E-state index is 0.446. The van der Waals surface area contributed by atoms with Gasteiger partial charge < -0.3 is 10.2 Å². The highest BCUT2D eigenvalue weighted by molar-refractivity contribution is 5.76. The van der Waals surface area contributed by atoms with Gasteiger partial charge in [-0.1, -0.05) is 17.3 Å². The van der Waals surface area contributed by atoms with E-state index in [9.17, 15) is 5.26 Å². The molecule has 146 valence electrons. The highest BCUT2D eigenvalue weighted by Gasteiger charge is 2.36. The van der Waals surface area contributed by atoms with Gasteiger partial charge in [-0.25, -0.2) is 9.67 Å². The number of piperazine rings is 1. The number of rotatable bonds is 4. The summed E-state index contributed by atoms with van der Waals surface area (Å²) >= 11 is 0. The molecular weight excluding hydrogens is 362 g/mol. The smallest absolute Gasteiger partial charge is 0.147 e. The molecule has 2 aliphatic carbocycles. The van der Waals surface area contributed by atoms with E-state index in [1.807, 2.05) is 35.0 Å². The molecule has 3 aromatic rings. The van der Waals surface area contributed by atoms with Crippen molar-refractivity contribution in [2.24, 2.45) is 5.92 Å². The summed E-state index contributed by atoms with van der Waals surface area (Å²) < 4.78 is 1.85. The van der Waals surface area contributed by atoms with Crippen LogP contribution in [0.1, 0.15) is 42.9 Å². The summed E-state index contributed by atoms with van der Waals surface area (Å²) in [7, 11) is 0. The molecule has 1 aliphatic heterocycles. The fourth-order valence-corrected chi connectivity index (χ4v) is 4.49. The lowest BCUT2D eigenvalue weighted by Gasteiger charge is -2.35. The van der Waals surface area contributed by atoms with Crippen molar-refractivity contribution in [1.82, 2.24) is 25.3 Å². The first-order chi connectivity index (χ1) is 14.3. The van der Waals surface area contributed by atoms with Crippen molar-refractivity contribution in [3.8, 4) is 11.8 Å². The Kier molecular flexibility index (Phi) is 3.81. The summed E-state index contributed by atoms with van der Waals surface area (Å²) in [6.45, 7) is 2.77. The van der Waals surface area contributed by atoms with Gasteiger partial charge in [-0.15, -0.1) is 5.10 Å². The molecule has 0 bridgehead atoms. The number of fused-ring (bicyclic) bond motifs is 1. The van der Waals surface area contributed by atoms with Gasteiger partial charge in [0.05, 0.1) is 22.5 Å². The molecule has 1 aromatic carbocycles. The summed E-state index contributed by atoms with van der Waals surface area (Å²) in [5.41, 5.74) is 4.38. The van der Waals surface area contributed by atoms with Gasteiger partial charge in [-0.05, 0) is 49.8 Å². The van der Waals surface area contributed by atoms with Crippen LogP contribution in [-0.2, 0) is 0 Å². The zero-order valence-electron chi connectivity index (χ0n) is 16.3. The first-order valence-corrected chi connectivity index (χ1v) is 10.6. The van der Waals surface area contributed by atoms with Gasteiger partial charge in [0.15, 0.2) is 0 Å². The molecule has 29 heavy (non-hydrogen) atoms. The Balaban J connectivity index is 1.46. The number of nitrogens with zero attached hydrogens (tertiary/aromatic N) is 6. The van der Waals surface area contributed by atoms with Crippen LogP contribution in [0.2, 0.25) is 0 Å². The molecule has 1 atom stereocenters. The van der Waals surface area contributed by atoms with Gasteiger partial charge in [0.25, 0.3) is 0 Å². The zero-order chi connectivity index (χ0) is 19.4. The number of aromatic nitrogens is 4. The van der Waals surface area contributed by atoms with E-state index in [-0.39, 0.29) is 0 Å².